The van der Waals surface area contributed by atoms with E-state index >= 15 is 0 Å². The second kappa shape index (κ2) is 7.63. The van der Waals surface area contributed by atoms with Crippen molar-refractivity contribution < 1.29 is 9.59 Å². The van der Waals surface area contributed by atoms with Crippen molar-refractivity contribution in [3.63, 3.8) is 0 Å². The number of isocyanates is 1. The maximum atomic E-state index is 10.5. The summed E-state index contributed by atoms with van der Waals surface area (Å²) in [5, 5.41) is 2.50. The van der Waals surface area contributed by atoms with Crippen molar-refractivity contribution in [1.29, 1.82) is 0 Å². The fourth-order valence-electron chi connectivity index (χ4n) is 0.613. The van der Waals surface area contributed by atoms with Crippen LogP contribution in [0.5, 0.6) is 0 Å². The summed E-state index contributed by atoms with van der Waals surface area (Å²) in [6, 6.07) is -0.422. The van der Waals surface area contributed by atoms with E-state index in [9.17, 15) is 9.59 Å². The van der Waals surface area contributed by atoms with Gasteiger partial charge in [-0.1, -0.05) is 0 Å². The lowest BCUT2D eigenvalue weighted by molar-refractivity contribution is 0.249. The zero-order valence-corrected chi connectivity index (χ0v) is 6.75. The molecule has 0 aromatic heterocycles. The molecule has 0 rings (SSSR count). The van der Waals surface area contributed by atoms with E-state index in [1.807, 2.05) is 0 Å². The Morgan fingerprint density at radius 3 is 2.83 bits per heavy atom. The summed E-state index contributed by atoms with van der Waals surface area (Å²) in [6.07, 6.45) is 2.96. The third kappa shape index (κ3) is 6.64. The summed E-state index contributed by atoms with van der Waals surface area (Å²) in [6.45, 7) is 4.05. The first-order valence-electron chi connectivity index (χ1n) is 3.59. The van der Waals surface area contributed by atoms with Crippen LogP contribution in [-0.4, -0.2) is 31.9 Å². The number of nitrogens with one attached hydrogen (secondary N) is 1. The number of rotatable bonds is 5. The van der Waals surface area contributed by atoms with Gasteiger partial charge in [0.05, 0.1) is 6.54 Å². The Bertz CT molecular complexity index is 197. The molecule has 0 radical (unpaired) electrons. The van der Waals surface area contributed by atoms with Crippen molar-refractivity contribution in [2.75, 3.05) is 13.1 Å². The Labute approximate surface area is 70.6 Å². The van der Waals surface area contributed by atoms with Crippen molar-refractivity contribution in [3.05, 3.63) is 0 Å². The van der Waals surface area contributed by atoms with Crippen LogP contribution in [0.1, 0.15) is 12.8 Å². The summed E-state index contributed by atoms with van der Waals surface area (Å²) in [5.41, 5.74) is 0. The highest BCUT2D eigenvalue weighted by Gasteiger charge is 1.92. The summed E-state index contributed by atoms with van der Waals surface area (Å²) in [7, 11) is 0. The van der Waals surface area contributed by atoms with Crippen molar-refractivity contribution in [2.45, 2.75) is 12.8 Å². The first-order chi connectivity index (χ1) is 5.81. The van der Waals surface area contributed by atoms with Crippen LogP contribution in [0.2, 0.25) is 0 Å². The minimum atomic E-state index is -0.422. The third-order valence-electron chi connectivity index (χ3n) is 1.18. The van der Waals surface area contributed by atoms with Gasteiger partial charge in [-0.2, -0.15) is 0 Å². The average molecular weight is 169 g/mol. The number of carbonyl (C=O) groups excluding carboxylic acids is 2. The lowest BCUT2D eigenvalue weighted by atomic mass is 10.3. The fraction of sp³-hybridized carbons (Fsp3) is 0.571. The maximum absolute atomic E-state index is 10.5. The number of hydrogen-bond donors (Lipinski definition) is 1. The SMILES string of the molecule is C=NC(=O)NCCCCN=C=O. The molecular formula is C7H11N3O2. The van der Waals surface area contributed by atoms with Gasteiger partial charge < -0.3 is 5.32 Å². The molecule has 0 aliphatic carbocycles. The predicted molar refractivity (Wildman–Crippen MR) is 45.2 cm³/mol. The number of unbranched alkanes of at least 4 members (excludes halogenated alkanes) is 1. The molecule has 0 spiro atoms. The van der Waals surface area contributed by atoms with Crippen molar-refractivity contribution >= 4 is 18.8 Å². The first-order valence-corrected chi connectivity index (χ1v) is 3.59. The molecule has 5 nitrogen and oxygen atoms in total. The van der Waals surface area contributed by atoms with E-state index in [0.29, 0.717) is 13.1 Å². The molecule has 0 aromatic rings. The molecule has 0 aromatic carbocycles. The van der Waals surface area contributed by atoms with Gasteiger partial charge in [0.1, 0.15) is 0 Å². The lowest BCUT2D eigenvalue weighted by Crippen LogP contribution is -2.20. The number of amides is 2. The zero-order valence-electron chi connectivity index (χ0n) is 6.75. The monoisotopic (exact) mass is 169 g/mol. The van der Waals surface area contributed by atoms with Gasteiger partial charge in [-0.25, -0.2) is 19.6 Å². The quantitative estimate of drug-likeness (QED) is 0.370. The van der Waals surface area contributed by atoms with E-state index in [0.717, 1.165) is 12.8 Å². The Kier molecular flexibility index (Phi) is 6.68. The standard InChI is InChI=1S/C7H11N3O2/c1-8-7(12)10-5-3-2-4-9-6-11/h1-5H2,(H,10,12). The number of urea groups is 1. The second-order valence-electron chi connectivity index (χ2n) is 2.07. The average Bonchev–Trinajstić information content (AvgIpc) is 2.10. The number of hydrogen-bond acceptors (Lipinski definition) is 3. The molecule has 2 amide bonds. The fourth-order valence-corrected chi connectivity index (χ4v) is 0.613. The third-order valence-corrected chi connectivity index (χ3v) is 1.18. The van der Waals surface area contributed by atoms with Gasteiger partial charge in [0.2, 0.25) is 6.08 Å². The molecule has 0 bridgehead atoms. The van der Waals surface area contributed by atoms with E-state index in [2.05, 4.69) is 22.0 Å². The van der Waals surface area contributed by atoms with E-state index in [1.165, 1.54) is 6.08 Å². The number of aliphatic imine (C=N–C) groups is 2. The highest BCUT2D eigenvalue weighted by atomic mass is 16.2. The smallest absolute Gasteiger partial charge is 0.336 e. The van der Waals surface area contributed by atoms with Crippen LogP contribution in [0, 0.1) is 0 Å². The molecule has 0 aliphatic heterocycles. The van der Waals surface area contributed by atoms with Gasteiger partial charge in [0.15, 0.2) is 0 Å². The Hall–Kier alpha value is -1.48. The van der Waals surface area contributed by atoms with Gasteiger partial charge in [-0.15, -0.1) is 0 Å². The molecule has 1 N–H and O–H groups in total. The van der Waals surface area contributed by atoms with Gasteiger partial charge in [0, 0.05) is 6.54 Å². The van der Waals surface area contributed by atoms with Crippen LogP contribution >= 0.6 is 0 Å². The van der Waals surface area contributed by atoms with E-state index in [4.69, 9.17) is 0 Å². The van der Waals surface area contributed by atoms with Gasteiger partial charge in [-0.3, -0.25) is 0 Å². The Morgan fingerprint density at radius 1 is 1.50 bits per heavy atom. The molecule has 0 fully saturated rings. The molecule has 5 heteroatoms. The summed E-state index contributed by atoms with van der Waals surface area (Å²) >= 11 is 0. The van der Waals surface area contributed by atoms with Gasteiger partial charge >= 0.3 is 6.03 Å². The molecule has 0 aliphatic rings. The van der Waals surface area contributed by atoms with Crippen LogP contribution in [0.15, 0.2) is 9.98 Å². The number of nitrogens with zero attached hydrogens (tertiary/aromatic N) is 2. The van der Waals surface area contributed by atoms with Crippen LogP contribution < -0.4 is 5.32 Å². The Morgan fingerprint density at radius 2 is 2.25 bits per heavy atom. The minimum Gasteiger partial charge on any atom is -0.336 e. The Balaban J connectivity index is 3.15. The van der Waals surface area contributed by atoms with Crippen LogP contribution in [-0.2, 0) is 4.79 Å². The van der Waals surface area contributed by atoms with Crippen LogP contribution in [0.3, 0.4) is 0 Å². The van der Waals surface area contributed by atoms with Crippen molar-refractivity contribution in [1.82, 2.24) is 5.32 Å². The normalized spacial score (nSPS) is 8.33. The molecule has 66 valence electrons. The molecule has 0 atom stereocenters. The molecule has 0 unspecified atom stereocenters. The molecule has 0 saturated heterocycles. The largest absolute Gasteiger partial charge is 0.340 e. The van der Waals surface area contributed by atoms with E-state index in [1.54, 1.807) is 0 Å². The number of carbonyl (C=O) groups is 1. The van der Waals surface area contributed by atoms with E-state index in [-0.39, 0.29) is 0 Å². The second-order valence-corrected chi connectivity index (χ2v) is 2.07. The van der Waals surface area contributed by atoms with Crippen molar-refractivity contribution in [3.8, 4) is 0 Å². The topological polar surface area (TPSA) is 70.9 Å². The zero-order chi connectivity index (χ0) is 9.23. The highest BCUT2D eigenvalue weighted by molar-refractivity contribution is 5.78. The van der Waals surface area contributed by atoms with Crippen LogP contribution in [0.25, 0.3) is 0 Å². The molecule has 0 heterocycles. The molecule has 0 saturated carbocycles. The predicted octanol–water partition coefficient (Wildman–Crippen LogP) is 0.513. The van der Waals surface area contributed by atoms with Crippen molar-refractivity contribution in [2.24, 2.45) is 9.98 Å². The molecule has 12 heavy (non-hydrogen) atoms. The van der Waals surface area contributed by atoms with Gasteiger partial charge in [-0.05, 0) is 19.6 Å². The summed E-state index contributed by atoms with van der Waals surface area (Å²) < 4.78 is 0. The highest BCUT2D eigenvalue weighted by Crippen LogP contribution is 1.86. The maximum Gasteiger partial charge on any atom is 0.340 e. The van der Waals surface area contributed by atoms with Crippen LogP contribution in [0.4, 0.5) is 4.79 Å². The minimum absolute atomic E-state index is 0.422. The summed E-state index contributed by atoms with van der Waals surface area (Å²) in [4.78, 5) is 26.6. The molecular weight excluding hydrogens is 158 g/mol. The summed E-state index contributed by atoms with van der Waals surface area (Å²) in [5.74, 6) is 0. The van der Waals surface area contributed by atoms with Gasteiger partial charge in [0.25, 0.3) is 0 Å². The first kappa shape index (κ1) is 10.5. The lowest BCUT2D eigenvalue weighted by Gasteiger charge is -1.98. The van der Waals surface area contributed by atoms with E-state index < -0.39 is 6.03 Å².